The van der Waals surface area contributed by atoms with Crippen LogP contribution in [-0.2, 0) is 13.0 Å². The molecular formula is C19H26ClIN4. The third-order valence-electron chi connectivity index (χ3n) is 3.73. The average molecular weight is 473 g/mol. The third-order valence-corrected chi connectivity index (χ3v) is 3.97. The molecule has 0 heterocycles. The number of halogens is 2. The summed E-state index contributed by atoms with van der Waals surface area (Å²) in [6, 6.07) is 16.4. The van der Waals surface area contributed by atoms with Crippen molar-refractivity contribution >= 4 is 47.2 Å². The van der Waals surface area contributed by atoms with Crippen molar-refractivity contribution in [2.75, 3.05) is 32.6 Å². The molecular weight excluding hydrogens is 447 g/mol. The van der Waals surface area contributed by atoms with Crippen LogP contribution in [0.5, 0.6) is 0 Å². The van der Waals surface area contributed by atoms with Gasteiger partial charge in [-0.2, -0.15) is 0 Å². The number of benzene rings is 2. The lowest BCUT2D eigenvalue weighted by molar-refractivity contribution is 0.794. The van der Waals surface area contributed by atoms with Crippen LogP contribution in [0, 0.1) is 0 Å². The minimum atomic E-state index is 0. The zero-order valence-corrected chi connectivity index (χ0v) is 18.0. The number of aliphatic imine (C=N–C) groups is 1. The van der Waals surface area contributed by atoms with Gasteiger partial charge in [-0.25, -0.2) is 0 Å². The van der Waals surface area contributed by atoms with E-state index in [0.717, 1.165) is 30.5 Å². The smallest absolute Gasteiger partial charge is 0.191 e. The lowest BCUT2D eigenvalue weighted by Crippen LogP contribution is -2.37. The van der Waals surface area contributed by atoms with Crippen LogP contribution in [-0.4, -0.2) is 33.6 Å². The van der Waals surface area contributed by atoms with Gasteiger partial charge >= 0.3 is 0 Å². The maximum Gasteiger partial charge on any atom is 0.191 e. The quantitative estimate of drug-likeness (QED) is 0.380. The van der Waals surface area contributed by atoms with Crippen molar-refractivity contribution < 1.29 is 0 Å². The molecule has 136 valence electrons. The van der Waals surface area contributed by atoms with Crippen molar-refractivity contribution in [2.24, 2.45) is 4.99 Å². The van der Waals surface area contributed by atoms with Gasteiger partial charge < -0.3 is 15.5 Å². The van der Waals surface area contributed by atoms with Gasteiger partial charge in [-0.15, -0.1) is 24.0 Å². The zero-order chi connectivity index (χ0) is 17.4. The fraction of sp³-hybridized carbons (Fsp3) is 0.316. The summed E-state index contributed by atoms with van der Waals surface area (Å²) < 4.78 is 0. The fourth-order valence-electron chi connectivity index (χ4n) is 2.34. The Morgan fingerprint density at radius 2 is 1.76 bits per heavy atom. The molecule has 4 nitrogen and oxygen atoms in total. The Hall–Kier alpha value is -1.47. The van der Waals surface area contributed by atoms with E-state index in [2.05, 4.69) is 50.9 Å². The third kappa shape index (κ3) is 7.52. The molecule has 2 aromatic carbocycles. The molecule has 0 atom stereocenters. The molecule has 2 aromatic rings. The Kier molecular flexibility index (Phi) is 9.67. The number of rotatable bonds is 6. The molecule has 0 aliphatic rings. The van der Waals surface area contributed by atoms with Crippen LogP contribution in [0.3, 0.4) is 0 Å². The van der Waals surface area contributed by atoms with Crippen molar-refractivity contribution in [3.63, 3.8) is 0 Å². The second-order valence-corrected chi connectivity index (χ2v) is 6.23. The molecule has 0 aromatic heterocycles. The predicted molar refractivity (Wildman–Crippen MR) is 120 cm³/mol. The first-order valence-corrected chi connectivity index (χ1v) is 8.41. The van der Waals surface area contributed by atoms with E-state index >= 15 is 0 Å². The van der Waals surface area contributed by atoms with E-state index in [-0.39, 0.29) is 24.0 Å². The summed E-state index contributed by atoms with van der Waals surface area (Å²) in [5.41, 5.74) is 3.63. The van der Waals surface area contributed by atoms with Crippen molar-refractivity contribution in [3.8, 4) is 0 Å². The van der Waals surface area contributed by atoms with Crippen molar-refractivity contribution in [2.45, 2.75) is 13.0 Å². The Morgan fingerprint density at radius 3 is 2.36 bits per heavy atom. The Morgan fingerprint density at radius 1 is 1.04 bits per heavy atom. The van der Waals surface area contributed by atoms with Crippen LogP contribution >= 0.6 is 35.6 Å². The summed E-state index contributed by atoms with van der Waals surface area (Å²) >= 11 is 6.00. The average Bonchev–Trinajstić information content (AvgIpc) is 2.58. The second-order valence-electron chi connectivity index (χ2n) is 5.79. The summed E-state index contributed by atoms with van der Waals surface area (Å²) in [7, 11) is 5.86. The number of anilines is 1. The lowest BCUT2D eigenvalue weighted by Gasteiger charge is -2.14. The van der Waals surface area contributed by atoms with Crippen molar-refractivity contribution in [1.82, 2.24) is 10.6 Å². The lowest BCUT2D eigenvalue weighted by atomic mass is 10.1. The van der Waals surface area contributed by atoms with Crippen LogP contribution in [0.4, 0.5) is 5.69 Å². The molecule has 0 radical (unpaired) electrons. The number of hydrogen-bond donors (Lipinski definition) is 2. The number of nitrogens with zero attached hydrogens (tertiary/aromatic N) is 2. The van der Waals surface area contributed by atoms with Gasteiger partial charge in [0.1, 0.15) is 0 Å². The summed E-state index contributed by atoms with van der Waals surface area (Å²) in [5.74, 6) is 0.800. The zero-order valence-electron chi connectivity index (χ0n) is 14.9. The molecule has 0 fully saturated rings. The summed E-state index contributed by atoms with van der Waals surface area (Å²) in [6.45, 7) is 1.55. The summed E-state index contributed by atoms with van der Waals surface area (Å²) in [6.07, 6.45) is 0.902. The highest BCUT2D eigenvalue weighted by atomic mass is 127. The van der Waals surface area contributed by atoms with Gasteiger partial charge in [-0.1, -0.05) is 35.9 Å². The first-order chi connectivity index (χ1) is 11.6. The van der Waals surface area contributed by atoms with Gasteiger partial charge in [-0.3, -0.25) is 4.99 Å². The summed E-state index contributed by atoms with van der Waals surface area (Å²) in [5, 5.41) is 7.43. The molecule has 0 saturated carbocycles. The fourth-order valence-corrected chi connectivity index (χ4v) is 2.55. The molecule has 2 rings (SSSR count). The topological polar surface area (TPSA) is 39.7 Å². The second kappa shape index (κ2) is 11.2. The van der Waals surface area contributed by atoms with E-state index in [1.807, 2.05) is 32.3 Å². The monoisotopic (exact) mass is 472 g/mol. The summed E-state index contributed by atoms with van der Waals surface area (Å²) in [4.78, 5) is 6.35. The minimum absolute atomic E-state index is 0. The van der Waals surface area contributed by atoms with Gasteiger partial charge in [0.05, 0.1) is 0 Å². The number of nitrogens with one attached hydrogen (secondary N) is 2. The molecule has 0 amide bonds. The highest BCUT2D eigenvalue weighted by molar-refractivity contribution is 14.0. The van der Waals surface area contributed by atoms with E-state index in [0.29, 0.717) is 0 Å². The van der Waals surface area contributed by atoms with Gasteiger partial charge in [0, 0.05) is 44.9 Å². The van der Waals surface area contributed by atoms with Crippen molar-refractivity contribution in [3.05, 3.63) is 64.7 Å². The van der Waals surface area contributed by atoms with E-state index in [4.69, 9.17) is 11.6 Å². The van der Waals surface area contributed by atoms with Crippen LogP contribution in [0.15, 0.2) is 53.5 Å². The van der Waals surface area contributed by atoms with Gasteiger partial charge in [0.25, 0.3) is 0 Å². The maximum atomic E-state index is 6.00. The molecule has 25 heavy (non-hydrogen) atoms. The highest BCUT2D eigenvalue weighted by Gasteiger charge is 2.00. The molecule has 6 heteroatoms. The standard InChI is InChI=1S/C19H25ClN4.HI/c1-21-19(22-12-11-15-5-4-6-17(20)13-15)23-14-16-7-9-18(10-8-16)24(2)3;/h4-10,13H,11-12,14H2,1-3H3,(H2,21,22,23);1H. The van der Waals surface area contributed by atoms with Crippen molar-refractivity contribution in [1.29, 1.82) is 0 Å². The van der Waals surface area contributed by atoms with E-state index in [1.54, 1.807) is 7.05 Å². The Labute approximate surface area is 172 Å². The number of guanidine groups is 1. The molecule has 0 bridgehead atoms. The molecule has 0 spiro atoms. The molecule has 0 saturated heterocycles. The van der Waals surface area contributed by atoms with Crippen LogP contribution in [0.2, 0.25) is 5.02 Å². The maximum absolute atomic E-state index is 6.00. The Balaban J connectivity index is 0.00000312. The SMILES string of the molecule is CN=C(NCCc1cccc(Cl)c1)NCc1ccc(N(C)C)cc1.I. The van der Waals surface area contributed by atoms with Gasteiger partial charge in [0.2, 0.25) is 0 Å². The van der Waals surface area contributed by atoms with Crippen LogP contribution in [0.25, 0.3) is 0 Å². The number of hydrogen-bond acceptors (Lipinski definition) is 2. The highest BCUT2D eigenvalue weighted by Crippen LogP contribution is 2.12. The van der Waals surface area contributed by atoms with E-state index < -0.39 is 0 Å². The molecule has 2 N–H and O–H groups in total. The minimum Gasteiger partial charge on any atom is -0.378 e. The molecule has 0 aliphatic carbocycles. The van der Waals surface area contributed by atoms with Crippen LogP contribution in [0.1, 0.15) is 11.1 Å². The van der Waals surface area contributed by atoms with E-state index in [9.17, 15) is 0 Å². The largest absolute Gasteiger partial charge is 0.378 e. The first-order valence-electron chi connectivity index (χ1n) is 8.03. The molecule has 0 unspecified atom stereocenters. The Bertz CT molecular complexity index is 671. The molecule has 0 aliphatic heterocycles. The van der Waals surface area contributed by atoms with Crippen LogP contribution < -0.4 is 15.5 Å². The predicted octanol–water partition coefficient (Wildman–Crippen LogP) is 3.93. The van der Waals surface area contributed by atoms with Gasteiger partial charge in [-0.05, 0) is 41.8 Å². The van der Waals surface area contributed by atoms with Gasteiger partial charge in [0.15, 0.2) is 5.96 Å². The van der Waals surface area contributed by atoms with E-state index in [1.165, 1.54) is 16.8 Å². The first kappa shape index (κ1) is 21.6. The normalized spacial score (nSPS) is 10.8.